The van der Waals surface area contributed by atoms with E-state index in [9.17, 15) is 4.79 Å². The Labute approximate surface area is 173 Å². The second-order valence-corrected chi connectivity index (χ2v) is 8.37. The number of methoxy groups -OCH3 is 1. The Kier molecular flexibility index (Phi) is 6.06. The van der Waals surface area contributed by atoms with Gasteiger partial charge >= 0.3 is 0 Å². The van der Waals surface area contributed by atoms with E-state index < -0.39 is 6.10 Å². The summed E-state index contributed by atoms with van der Waals surface area (Å²) in [4.78, 5) is 13.1. The molecule has 0 fully saturated rings. The van der Waals surface area contributed by atoms with Crippen LogP contribution in [0.3, 0.4) is 0 Å². The molecule has 0 radical (unpaired) electrons. The first-order chi connectivity index (χ1) is 13.7. The zero-order chi connectivity index (χ0) is 21.2. The van der Waals surface area contributed by atoms with Crippen LogP contribution >= 0.6 is 0 Å². The fourth-order valence-electron chi connectivity index (χ4n) is 3.84. The average molecular weight is 398 g/mol. The fraction of sp³-hybridized carbons (Fsp3) is 0.458. The molecule has 0 aliphatic carbocycles. The first-order valence-electron chi connectivity index (χ1n) is 10.1. The number of hydrogen-bond donors (Lipinski definition) is 1. The van der Waals surface area contributed by atoms with Crippen LogP contribution in [0, 0.1) is 13.8 Å². The Morgan fingerprint density at radius 3 is 2.48 bits per heavy atom. The van der Waals surface area contributed by atoms with E-state index >= 15 is 0 Å². The van der Waals surface area contributed by atoms with Crippen molar-refractivity contribution >= 4 is 5.91 Å². The summed E-state index contributed by atoms with van der Waals surface area (Å²) in [5.41, 5.74) is 2.78. The lowest BCUT2D eigenvalue weighted by Crippen LogP contribution is -2.45. The Hall–Kier alpha value is -2.69. The summed E-state index contributed by atoms with van der Waals surface area (Å²) < 4.78 is 17.5. The van der Waals surface area contributed by atoms with Crippen molar-refractivity contribution in [3.8, 4) is 17.2 Å². The van der Waals surface area contributed by atoms with Gasteiger partial charge in [0.2, 0.25) is 0 Å². The number of aryl methyl sites for hydroxylation is 2. The van der Waals surface area contributed by atoms with Crippen LogP contribution in [0.1, 0.15) is 56.3 Å². The van der Waals surface area contributed by atoms with Crippen molar-refractivity contribution in [3.63, 3.8) is 0 Å². The molecule has 1 aliphatic rings. The van der Waals surface area contributed by atoms with E-state index in [4.69, 9.17) is 14.2 Å². The van der Waals surface area contributed by atoms with Gasteiger partial charge in [-0.1, -0.05) is 13.0 Å². The number of ether oxygens (including phenoxy) is 3. The molecule has 1 aliphatic heterocycles. The Balaban J connectivity index is 1.81. The van der Waals surface area contributed by atoms with Gasteiger partial charge in [0, 0.05) is 12.0 Å². The second-order valence-electron chi connectivity index (χ2n) is 8.37. The van der Waals surface area contributed by atoms with E-state index in [0.717, 1.165) is 33.9 Å². The van der Waals surface area contributed by atoms with Crippen molar-refractivity contribution in [2.75, 3.05) is 7.11 Å². The lowest BCUT2D eigenvalue weighted by atomic mass is 9.89. The van der Waals surface area contributed by atoms with Crippen molar-refractivity contribution in [2.24, 2.45) is 0 Å². The molecule has 2 aromatic rings. The van der Waals surface area contributed by atoms with E-state index in [2.05, 4.69) is 11.4 Å². The van der Waals surface area contributed by atoms with Crippen LogP contribution in [0.25, 0.3) is 0 Å². The van der Waals surface area contributed by atoms with Gasteiger partial charge in [0.05, 0.1) is 13.2 Å². The number of amides is 1. The number of hydrogen-bond acceptors (Lipinski definition) is 4. The summed E-state index contributed by atoms with van der Waals surface area (Å²) >= 11 is 0. The highest BCUT2D eigenvalue weighted by Crippen LogP contribution is 2.41. The normalized spacial score (nSPS) is 18.2. The molecule has 5 heteroatoms. The molecule has 0 bridgehead atoms. The Morgan fingerprint density at radius 1 is 1.17 bits per heavy atom. The predicted molar refractivity (Wildman–Crippen MR) is 114 cm³/mol. The highest BCUT2D eigenvalue weighted by Gasteiger charge is 2.36. The van der Waals surface area contributed by atoms with Gasteiger partial charge in [-0.2, -0.15) is 0 Å². The minimum absolute atomic E-state index is 0.122. The Morgan fingerprint density at radius 2 is 1.86 bits per heavy atom. The molecule has 0 spiro atoms. The van der Waals surface area contributed by atoms with E-state index in [-0.39, 0.29) is 17.6 Å². The molecule has 2 aromatic carbocycles. The zero-order valence-corrected chi connectivity index (χ0v) is 18.2. The monoisotopic (exact) mass is 397 g/mol. The van der Waals surface area contributed by atoms with Crippen LogP contribution in [-0.4, -0.2) is 24.7 Å². The van der Waals surface area contributed by atoms with Crippen LogP contribution in [0.5, 0.6) is 17.2 Å². The number of fused-ring (bicyclic) bond motifs is 1. The largest absolute Gasteiger partial charge is 0.497 e. The summed E-state index contributed by atoms with van der Waals surface area (Å²) in [5.74, 6) is 2.11. The van der Waals surface area contributed by atoms with Gasteiger partial charge in [-0.05, 0) is 75.6 Å². The molecule has 29 heavy (non-hydrogen) atoms. The standard InChI is InChI=1S/C24H31NO4/c1-7-21(28-18-11-15(2)10-16(3)12-18)23(26)25-20-14-24(4,5)29-22-9-8-17(27-6)13-19(20)22/h8-13,20-21H,7,14H2,1-6H3,(H,25,26)/t20-,21-/m0/s1. The smallest absolute Gasteiger partial charge is 0.261 e. The minimum atomic E-state index is -0.559. The van der Waals surface area contributed by atoms with Crippen LogP contribution in [0.15, 0.2) is 36.4 Å². The van der Waals surface area contributed by atoms with Crippen LogP contribution in [0.4, 0.5) is 0 Å². The molecule has 5 nitrogen and oxygen atoms in total. The SMILES string of the molecule is CC[C@H](Oc1cc(C)cc(C)c1)C(=O)N[C@H]1CC(C)(C)Oc2ccc(OC)cc21. The number of carbonyl (C=O) groups is 1. The van der Waals surface area contributed by atoms with E-state index in [1.54, 1.807) is 7.11 Å². The van der Waals surface area contributed by atoms with Gasteiger partial charge in [-0.3, -0.25) is 4.79 Å². The molecule has 1 heterocycles. The van der Waals surface area contributed by atoms with Crippen molar-refractivity contribution in [2.45, 2.75) is 65.2 Å². The van der Waals surface area contributed by atoms with Gasteiger partial charge in [0.15, 0.2) is 6.10 Å². The lowest BCUT2D eigenvalue weighted by molar-refractivity contribution is -0.129. The third-order valence-corrected chi connectivity index (χ3v) is 5.13. The van der Waals surface area contributed by atoms with Gasteiger partial charge in [0.1, 0.15) is 22.8 Å². The molecular formula is C24H31NO4. The minimum Gasteiger partial charge on any atom is -0.497 e. The zero-order valence-electron chi connectivity index (χ0n) is 18.2. The van der Waals surface area contributed by atoms with Gasteiger partial charge in [-0.15, -0.1) is 0 Å². The molecule has 2 atom stereocenters. The van der Waals surface area contributed by atoms with Crippen molar-refractivity contribution < 1.29 is 19.0 Å². The summed E-state index contributed by atoms with van der Waals surface area (Å²) in [6.45, 7) is 10.1. The van der Waals surface area contributed by atoms with Crippen molar-refractivity contribution in [1.82, 2.24) is 5.32 Å². The number of rotatable bonds is 6. The number of carbonyl (C=O) groups excluding carboxylic acids is 1. The topological polar surface area (TPSA) is 56.8 Å². The summed E-state index contributed by atoms with van der Waals surface area (Å²) in [7, 11) is 1.63. The molecular weight excluding hydrogens is 366 g/mol. The summed E-state index contributed by atoms with van der Waals surface area (Å²) in [5, 5.41) is 3.18. The highest BCUT2D eigenvalue weighted by molar-refractivity contribution is 5.81. The molecule has 1 N–H and O–H groups in total. The lowest BCUT2D eigenvalue weighted by Gasteiger charge is -2.38. The molecule has 3 rings (SSSR count). The maximum Gasteiger partial charge on any atom is 0.261 e. The van der Waals surface area contributed by atoms with E-state index in [1.165, 1.54) is 0 Å². The average Bonchev–Trinajstić information content (AvgIpc) is 2.64. The van der Waals surface area contributed by atoms with Gasteiger partial charge < -0.3 is 19.5 Å². The highest BCUT2D eigenvalue weighted by atomic mass is 16.5. The number of benzene rings is 2. The van der Waals surface area contributed by atoms with Crippen LogP contribution in [-0.2, 0) is 4.79 Å². The van der Waals surface area contributed by atoms with E-state index in [0.29, 0.717) is 12.8 Å². The predicted octanol–water partition coefficient (Wildman–Crippen LogP) is 4.89. The van der Waals surface area contributed by atoms with Gasteiger partial charge in [-0.25, -0.2) is 0 Å². The van der Waals surface area contributed by atoms with Crippen molar-refractivity contribution in [1.29, 1.82) is 0 Å². The summed E-state index contributed by atoms with van der Waals surface area (Å²) in [6, 6.07) is 11.5. The van der Waals surface area contributed by atoms with Gasteiger partial charge in [0.25, 0.3) is 5.91 Å². The maximum absolute atomic E-state index is 13.1. The third kappa shape index (κ3) is 5.03. The molecule has 0 saturated heterocycles. The molecule has 0 aromatic heterocycles. The maximum atomic E-state index is 13.1. The molecule has 156 valence electrons. The Bertz CT molecular complexity index is 870. The molecule has 1 amide bonds. The quantitative estimate of drug-likeness (QED) is 0.754. The first-order valence-corrected chi connectivity index (χ1v) is 10.1. The fourth-order valence-corrected chi connectivity index (χ4v) is 3.84. The second kappa shape index (κ2) is 8.36. The first kappa shape index (κ1) is 21.0. The third-order valence-electron chi connectivity index (χ3n) is 5.13. The van der Waals surface area contributed by atoms with E-state index in [1.807, 2.05) is 65.0 Å². The molecule has 0 saturated carbocycles. The molecule has 0 unspecified atom stereocenters. The number of nitrogens with one attached hydrogen (secondary N) is 1. The summed E-state index contributed by atoms with van der Waals surface area (Å²) in [6.07, 6.45) is 0.686. The van der Waals surface area contributed by atoms with Crippen molar-refractivity contribution in [3.05, 3.63) is 53.1 Å². The van der Waals surface area contributed by atoms with Crippen LogP contribution < -0.4 is 19.5 Å². The van der Waals surface area contributed by atoms with Crippen LogP contribution in [0.2, 0.25) is 0 Å².